The fourth-order valence-corrected chi connectivity index (χ4v) is 14.6. The Bertz CT molecular complexity index is 3460. The van der Waals surface area contributed by atoms with E-state index in [2.05, 4.69) is 209 Å². The molecule has 4 heteroatoms. The minimum absolute atomic E-state index is 0.0523. The summed E-state index contributed by atoms with van der Waals surface area (Å²) in [6.07, 6.45) is 11.5. The van der Waals surface area contributed by atoms with Crippen LogP contribution in [-0.2, 0) is 38.9 Å². The zero-order chi connectivity index (χ0) is 49.5. The minimum Gasteiger partial charge on any atom is -0.460 e. The summed E-state index contributed by atoms with van der Waals surface area (Å²) in [6, 6.07) is 41.5. The highest BCUT2D eigenvalue weighted by molar-refractivity contribution is 7.00. The molecule has 0 unspecified atom stereocenters. The van der Waals surface area contributed by atoms with E-state index in [1.807, 2.05) is 0 Å². The molecule has 3 nitrogen and oxygen atoms in total. The number of fused-ring (bicyclic) bond motifs is 10. The summed E-state index contributed by atoms with van der Waals surface area (Å²) in [5.74, 6) is 1.11. The van der Waals surface area contributed by atoms with Crippen molar-refractivity contribution < 1.29 is 4.42 Å². The summed E-state index contributed by atoms with van der Waals surface area (Å²) in [5, 5.41) is 1.21. The number of nitrogens with zero attached hydrogens (tertiary/aromatic N) is 2. The first-order valence-corrected chi connectivity index (χ1v) is 27.1. The number of hydrogen-bond acceptors (Lipinski definition) is 3. The highest BCUT2D eigenvalue weighted by Gasteiger charge is 2.49. The second-order valence-corrected chi connectivity index (χ2v) is 26.9. The predicted octanol–water partition coefficient (Wildman–Crippen LogP) is 16.2. The fourth-order valence-electron chi connectivity index (χ4n) is 14.6. The number of hydrogen-bond donors (Lipinski definition) is 0. The third-order valence-corrected chi connectivity index (χ3v) is 19.3. The molecular weight excluding hydrogens is 860 g/mol. The first kappa shape index (κ1) is 45.2. The van der Waals surface area contributed by atoms with Crippen LogP contribution in [0.4, 0.5) is 34.1 Å². The number of allylic oxidation sites excluding steroid dienone is 1. The first-order valence-electron chi connectivity index (χ1n) is 27.1. The molecule has 6 aliphatic rings. The molecule has 71 heavy (non-hydrogen) atoms. The van der Waals surface area contributed by atoms with E-state index in [9.17, 15) is 0 Å². The average molecular weight is 933 g/mol. The van der Waals surface area contributed by atoms with Gasteiger partial charge in [0.2, 0.25) is 0 Å². The number of benzene rings is 6. The molecule has 6 aromatic carbocycles. The van der Waals surface area contributed by atoms with Crippen LogP contribution in [0.25, 0.3) is 16.5 Å². The van der Waals surface area contributed by atoms with Crippen molar-refractivity contribution in [1.29, 1.82) is 0 Å². The summed E-state index contributed by atoms with van der Waals surface area (Å²) < 4.78 is 6.48. The smallest absolute Gasteiger partial charge is 0.252 e. The lowest BCUT2D eigenvalue weighted by atomic mass is 9.32. The number of aryl methyl sites for hydroxylation is 2. The second kappa shape index (κ2) is 14.7. The van der Waals surface area contributed by atoms with Gasteiger partial charge in [0.05, 0.1) is 0 Å². The van der Waals surface area contributed by atoms with Crippen molar-refractivity contribution in [2.75, 3.05) is 9.80 Å². The van der Waals surface area contributed by atoms with Crippen LogP contribution in [0.15, 0.2) is 114 Å². The monoisotopic (exact) mass is 933 g/mol. The molecule has 0 atom stereocenters. The standard InChI is InChI=1S/C67H73BN2O/c1-40-33-56-61-57(34-40)70(43-25-26-46-47(35-43)63(4,5)28-27-62(46,2)3)55-39-51-49(65(8,9)30-32-67(51,12)13)37-53(55)68(61)52-36-48-50(66(10,11)31-29-64(48,6)7)38-54(52)69(56)42-23-21-41(22-24-42)44-18-16-20-59-60(44)45-17-14-15-19-58(45)71-59/h14-15,17-19,21-26,33-39H,16,20,27-32H2,1-13H3. The number of furan rings is 1. The Morgan fingerprint density at radius 3 is 1.48 bits per heavy atom. The molecule has 360 valence electrons. The lowest BCUT2D eigenvalue weighted by Gasteiger charge is -2.49. The second-order valence-electron chi connectivity index (χ2n) is 26.9. The van der Waals surface area contributed by atoms with Crippen LogP contribution < -0.4 is 26.2 Å². The summed E-state index contributed by atoms with van der Waals surface area (Å²) >= 11 is 0. The van der Waals surface area contributed by atoms with E-state index < -0.39 is 0 Å². The van der Waals surface area contributed by atoms with Crippen LogP contribution in [0.2, 0.25) is 0 Å². The molecule has 2 aliphatic heterocycles. The molecule has 0 radical (unpaired) electrons. The molecule has 0 spiro atoms. The fraction of sp³-hybridized carbons (Fsp3) is 0.403. The van der Waals surface area contributed by atoms with E-state index in [4.69, 9.17) is 4.42 Å². The molecule has 0 N–H and O–H groups in total. The van der Waals surface area contributed by atoms with Crippen LogP contribution >= 0.6 is 0 Å². The molecular formula is C67H73BN2O. The maximum Gasteiger partial charge on any atom is 0.252 e. The highest BCUT2D eigenvalue weighted by atomic mass is 16.3. The summed E-state index contributed by atoms with van der Waals surface area (Å²) in [7, 11) is 0. The van der Waals surface area contributed by atoms with Gasteiger partial charge in [-0.05, 0) is 205 Å². The summed E-state index contributed by atoms with van der Waals surface area (Å²) in [4.78, 5) is 5.38. The highest BCUT2D eigenvalue weighted by Crippen LogP contribution is 2.54. The zero-order valence-corrected chi connectivity index (χ0v) is 44.9. The van der Waals surface area contributed by atoms with Crippen LogP contribution in [0, 0.1) is 6.92 Å². The molecule has 0 fully saturated rings. The molecule has 0 saturated heterocycles. The van der Waals surface area contributed by atoms with Gasteiger partial charge in [-0.25, -0.2) is 0 Å². The van der Waals surface area contributed by atoms with E-state index in [1.165, 1.54) is 150 Å². The topological polar surface area (TPSA) is 19.6 Å². The van der Waals surface area contributed by atoms with Crippen molar-refractivity contribution in [2.45, 2.75) is 174 Å². The van der Waals surface area contributed by atoms with Gasteiger partial charge in [0, 0.05) is 51.5 Å². The van der Waals surface area contributed by atoms with Crippen molar-refractivity contribution in [3.8, 4) is 0 Å². The lowest BCUT2D eigenvalue weighted by molar-refractivity contribution is 0.332. The van der Waals surface area contributed by atoms with Gasteiger partial charge >= 0.3 is 0 Å². The van der Waals surface area contributed by atoms with Crippen molar-refractivity contribution in [1.82, 2.24) is 0 Å². The Balaban J connectivity index is 1.09. The van der Waals surface area contributed by atoms with Gasteiger partial charge < -0.3 is 14.2 Å². The van der Waals surface area contributed by atoms with E-state index >= 15 is 0 Å². The minimum atomic E-state index is 0.0523. The van der Waals surface area contributed by atoms with Gasteiger partial charge in [-0.1, -0.05) is 138 Å². The van der Waals surface area contributed by atoms with Crippen LogP contribution in [0.3, 0.4) is 0 Å². The van der Waals surface area contributed by atoms with Gasteiger partial charge in [-0.15, -0.1) is 0 Å². The van der Waals surface area contributed by atoms with Crippen LogP contribution in [0.5, 0.6) is 0 Å². The third-order valence-electron chi connectivity index (χ3n) is 19.3. The maximum absolute atomic E-state index is 6.48. The van der Waals surface area contributed by atoms with Crippen LogP contribution in [0.1, 0.15) is 184 Å². The van der Waals surface area contributed by atoms with Gasteiger partial charge in [0.25, 0.3) is 6.71 Å². The van der Waals surface area contributed by atoms with E-state index in [0.717, 1.165) is 24.2 Å². The quantitative estimate of drug-likeness (QED) is 0.165. The Hall–Kier alpha value is -5.74. The molecule has 4 aliphatic carbocycles. The predicted molar refractivity (Wildman–Crippen MR) is 303 cm³/mol. The average Bonchev–Trinajstić information content (AvgIpc) is 3.72. The number of anilines is 6. The first-order chi connectivity index (χ1) is 33.5. The molecule has 3 heterocycles. The van der Waals surface area contributed by atoms with Crippen LogP contribution in [-0.4, -0.2) is 6.71 Å². The Morgan fingerprint density at radius 1 is 0.465 bits per heavy atom. The largest absolute Gasteiger partial charge is 0.460 e. The molecule has 0 amide bonds. The Morgan fingerprint density at radius 2 is 0.930 bits per heavy atom. The number of rotatable bonds is 3. The normalized spacial score (nSPS) is 21.0. The molecule has 0 saturated carbocycles. The van der Waals surface area contributed by atoms with Crippen molar-refractivity contribution in [3.05, 3.63) is 165 Å². The summed E-state index contributed by atoms with van der Waals surface area (Å²) in [5.41, 5.74) is 27.6. The zero-order valence-electron chi connectivity index (χ0n) is 44.9. The molecule has 0 bridgehead atoms. The Labute approximate surface area is 424 Å². The van der Waals surface area contributed by atoms with Gasteiger partial charge in [0.15, 0.2) is 0 Å². The summed E-state index contributed by atoms with van der Waals surface area (Å²) in [6.45, 7) is 32.2. The van der Waals surface area contributed by atoms with E-state index in [0.29, 0.717) is 0 Å². The molecule has 1 aromatic heterocycles. The molecule has 7 aromatic rings. The Kier molecular flexibility index (Phi) is 9.35. The third kappa shape index (κ3) is 6.53. The van der Waals surface area contributed by atoms with Gasteiger partial charge in [0.1, 0.15) is 11.3 Å². The van der Waals surface area contributed by atoms with E-state index in [-0.39, 0.29) is 39.2 Å². The van der Waals surface area contributed by atoms with Crippen molar-refractivity contribution in [3.63, 3.8) is 0 Å². The van der Waals surface area contributed by atoms with Gasteiger partial charge in [-0.2, -0.15) is 0 Å². The van der Waals surface area contributed by atoms with E-state index in [1.54, 1.807) is 0 Å². The van der Waals surface area contributed by atoms with Crippen molar-refractivity contribution >= 4 is 73.8 Å². The van der Waals surface area contributed by atoms with Gasteiger partial charge in [-0.3, -0.25) is 0 Å². The lowest BCUT2D eigenvalue weighted by Crippen LogP contribution is -2.62. The SMILES string of the molecule is Cc1cc2c3c(c1)N(c1ccc4c(c1)C(C)(C)CCC4(C)C)c1cc4c(cc1B3c1cc3c(cc1N2c1ccc(C2=CCCc5oc6ccccc6c52)cc1)C(C)(C)CCC3(C)C)C(C)(C)CCC4(C)C. The molecule has 13 rings (SSSR count). The maximum atomic E-state index is 6.48. The van der Waals surface area contributed by atoms with Crippen molar-refractivity contribution in [2.24, 2.45) is 0 Å². The number of para-hydroxylation sites is 1.